The summed E-state index contributed by atoms with van der Waals surface area (Å²) < 4.78 is 29.0. The maximum Gasteiger partial charge on any atom is 0.269 e. The lowest BCUT2D eigenvalue weighted by atomic mass is 10.2. The van der Waals surface area contributed by atoms with Crippen LogP contribution in [0.4, 0.5) is 8.78 Å². The summed E-state index contributed by atoms with van der Waals surface area (Å²) in [7, 11) is 0. The summed E-state index contributed by atoms with van der Waals surface area (Å²) in [6.07, 6.45) is 2.38. The standard InChI is InChI=1S/C16H14F2N4O/c1-8-11(18)6-20-7-13(8)22-15(9(2)19)21-12-5-3-4-10(17)14(12)16(22)23/h3-7,9H,19H2,1-2H3. The van der Waals surface area contributed by atoms with Crippen LogP contribution in [-0.2, 0) is 0 Å². The van der Waals surface area contributed by atoms with E-state index in [1.54, 1.807) is 6.92 Å². The number of nitrogens with two attached hydrogens (primary N) is 1. The zero-order valence-corrected chi connectivity index (χ0v) is 12.5. The minimum Gasteiger partial charge on any atom is -0.322 e. The highest BCUT2D eigenvalue weighted by atomic mass is 19.1. The second kappa shape index (κ2) is 5.51. The van der Waals surface area contributed by atoms with Crippen molar-refractivity contribution in [3.63, 3.8) is 0 Å². The highest BCUT2D eigenvalue weighted by molar-refractivity contribution is 5.78. The maximum absolute atomic E-state index is 14.1. The quantitative estimate of drug-likeness (QED) is 0.788. The molecule has 2 heterocycles. The van der Waals surface area contributed by atoms with Gasteiger partial charge in [0.1, 0.15) is 22.8 Å². The average molecular weight is 316 g/mol. The lowest BCUT2D eigenvalue weighted by molar-refractivity contribution is 0.605. The summed E-state index contributed by atoms with van der Waals surface area (Å²) in [4.78, 5) is 20.9. The molecule has 0 aliphatic carbocycles. The number of fused-ring (bicyclic) bond motifs is 1. The van der Waals surface area contributed by atoms with E-state index in [2.05, 4.69) is 9.97 Å². The molecule has 5 nitrogen and oxygen atoms in total. The van der Waals surface area contributed by atoms with E-state index in [4.69, 9.17) is 5.73 Å². The smallest absolute Gasteiger partial charge is 0.269 e. The number of aromatic nitrogens is 3. The highest BCUT2D eigenvalue weighted by Gasteiger charge is 2.19. The molecule has 0 aliphatic heterocycles. The summed E-state index contributed by atoms with van der Waals surface area (Å²) in [5.41, 5.74) is 5.88. The number of benzene rings is 1. The van der Waals surface area contributed by atoms with Gasteiger partial charge in [-0.25, -0.2) is 13.8 Å². The van der Waals surface area contributed by atoms with E-state index in [1.165, 1.54) is 31.3 Å². The van der Waals surface area contributed by atoms with E-state index in [0.717, 1.165) is 10.8 Å². The molecule has 0 amide bonds. The Morgan fingerprint density at radius 3 is 2.65 bits per heavy atom. The lowest BCUT2D eigenvalue weighted by Crippen LogP contribution is -2.28. The zero-order chi connectivity index (χ0) is 16.7. The average Bonchev–Trinajstić information content (AvgIpc) is 2.50. The number of pyridine rings is 1. The normalized spacial score (nSPS) is 12.6. The Labute approximate surface area is 130 Å². The molecule has 2 N–H and O–H groups in total. The lowest BCUT2D eigenvalue weighted by Gasteiger charge is -2.17. The number of nitrogens with zero attached hydrogens (tertiary/aromatic N) is 3. The third-order valence-electron chi connectivity index (χ3n) is 3.65. The molecule has 0 saturated heterocycles. The van der Waals surface area contributed by atoms with Crippen molar-refractivity contribution in [1.29, 1.82) is 0 Å². The number of rotatable bonds is 2. The molecule has 7 heteroatoms. The predicted molar refractivity (Wildman–Crippen MR) is 82.4 cm³/mol. The fourth-order valence-electron chi connectivity index (χ4n) is 2.46. The Bertz CT molecular complexity index is 966. The highest BCUT2D eigenvalue weighted by Crippen LogP contribution is 2.21. The fourth-order valence-corrected chi connectivity index (χ4v) is 2.46. The molecule has 118 valence electrons. The van der Waals surface area contributed by atoms with Gasteiger partial charge in [0, 0.05) is 5.56 Å². The van der Waals surface area contributed by atoms with Crippen LogP contribution in [-0.4, -0.2) is 14.5 Å². The minimum atomic E-state index is -0.688. The first-order valence-corrected chi connectivity index (χ1v) is 6.99. The monoisotopic (exact) mass is 316 g/mol. The van der Waals surface area contributed by atoms with Gasteiger partial charge in [-0.3, -0.25) is 14.3 Å². The van der Waals surface area contributed by atoms with Crippen LogP contribution in [0.25, 0.3) is 16.6 Å². The van der Waals surface area contributed by atoms with Crippen molar-refractivity contribution in [2.24, 2.45) is 5.73 Å². The second-order valence-corrected chi connectivity index (χ2v) is 5.30. The van der Waals surface area contributed by atoms with Crippen LogP contribution in [0.15, 0.2) is 35.4 Å². The maximum atomic E-state index is 14.1. The van der Waals surface area contributed by atoms with E-state index in [9.17, 15) is 13.6 Å². The molecule has 0 saturated carbocycles. The third kappa shape index (κ3) is 2.39. The SMILES string of the molecule is Cc1c(F)cncc1-n1c(C(C)N)nc2cccc(F)c2c1=O. The number of halogens is 2. The third-order valence-corrected chi connectivity index (χ3v) is 3.65. The largest absolute Gasteiger partial charge is 0.322 e. The summed E-state index contributed by atoms with van der Waals surface area (Å²) in [5.74, 6) is -1.05. The molecule has 3 rings (SSSR count). The van der Waals surface area contributed by atoms with Crippen LogP contribution in [0.5, 0.6) is 0 Å². The van der Waals surface area contributed by atoms with Crippen molar-refractivity contribution >= 4 is 10.9 Å². The van der Waals surface area contributed by atoms with Gasteiger partial charge in [-0.15, -0.1) is 0 Å². The van der Waals surface area contributed by atoms with E-state index >= 15 is 0 Å². The van der Waals surface area contributed by atoms with Crippen molar-refractivity contribution in [2.75, 3.05) is 0 Å². The van der Waals surface area contributed by atoms with Gasteiger partial charge in [0.05, 0.1) is 29.6 Å². The molecule has 23 heavy (non-hydrogen) atoms. The number of hydrogen-bond donors (Lipinski definition) is 1. The van der Waals surface area contributed by atoms with E-state index in [0.29, 0.717) is 0 Å². The van der Waals surface area contributed by atoms with Crippen LogP contribution in [0.1, 0.15) is 24.4 Å². The molecular weight excluding hydrogens is 302 g/mol. The zero-order valence-electron chi connectivity index (χ0n) is 12.5. The molecule has 0 aliphatic rings. The molecule has 2 aromatic heterocycles. The van der Waals surface area contributed by atoms with Crippen LogP contribution in [0.3, 0.4) is 0 Å². The molecule has 3 aromatic rings. The van der Waals surface area contributed by atoms with Crippen molar-refractivity contribution in [3.05, 3.63) is 64.0 Å². The molecular formula is C16H14F2N4O. The Kier molecular flexibility index (Phi) is 3.65. The first kappa shape index (κ1) is 15.2. The van der Waals surface area contributed by atoms with Crippen LogP contribution >= 0.6 is 0 Å². The Morgan fingerprint density at radius 2 is 1.96 bits per heavy atom. The molecule has 0 bridgehead atoms. The Morgan fingerprint density at radius 1 is 1.22 bits per heavy atom. The molecule has 0 spiro atoms. The fraction of sp³-hybridized carbons (Fsp3) is 0.188. The topological polar surface area (TPSA) is 73.8 Å². The molecule has 0 radical (unpaired) electrons. The Balaban J connectivity index is 2.51. The van der Waals surface area contributed by atoms with Crippen molar-refractivity contribution < 1.29 is 8.78 Å². The van der Waals surface area contributed by atoms with E-state index < -0.39 is 23.2 Å². The summed E-state index contributed by atoms with van der Waals surface area (Å²) in [6.45, 7) is 3.15. The summed E-state index contributed by atoms with van der Waals surface area (Å²) >= 11 is 0. The second-order valence-electron chi connectivity index (χ2n) is 5.30. The van der Waals surface area contributed by atoms with Crippen LogP contribution < -0.4 is 11.3 Å². The van der Waals surface area contributed by atoms with Gasteiger partial charge in [-0.2, -0.15) is 0 Å². The van der Waals surface area contributed by atoms with Gasteiger partial charge in [0.15, 0.2) is 0 Å². The molecule has 1 unspecified atom stereocenters. The number of hydrogen-bond acceptors (Lipinski definition) is 4. The van der Waals surface area contributed by atoms with E-state index in [1.807, 2.05) is 0 Å². The van der Waals surface area contributed by atoms with Gasteiger partial charge >= 0.3 is 0 Å². The first-order chi connectivity index (χ1) is 10.9. The Hall–Kier alpha value is -2.67. The van der Waals surface area contributed by atoms with Gasteiger partial charge < -0.3 is 5.73 Å². The molecule has 1 atom stereocenters. The van der Waals surface area contributed by atoms with Gasteiger partial charge in [0.25, 0.3) is 5.56 Å². The van der Waals surface area contributed by atoms with Crippen LogP contribution in [0, 0.1) is 18.6 Å². The molecule has 1 aromatic carbocycles. The summed E-state index contributed by atoms with van der Waals surface area (Å²) in [6, 6.07) is 3.57. The minimum absolute atomic E-state index is 0.166. The van der Waals surface area contributed by atoms with Gasteiger partial charge in [0.2, 0.25) is 0 Å². The summed E-state index contributed by atoms with van der Waals surface area (Å²) in [5, 5.41) is -0.166. The molecule has 0 fully saturated rings. The van der Waals surface area contributed by atoms with Gasteiger partial charge in [-0.05, 0) is 26.0 Å². The van der Waals surface area contributed by atoms with Gasteiger partial charge in [-0.1, -0.05) is 6.07 Å². The van der Waals surface area contributed by atoms with E-state index in [-0.39, 0.29) is 28.0 Å². The predicted octanol–water partition coefficient (Wildman–Crippen LogP) is 2.39. The van der Waals surface area contributed by atoms with Crippen LogP contribution in [0.2, 0.25) is 0 Å². The van der Waals surface area contributed by atoms with Crippen molar-refractivity contribution in [2.45, 2.75) is 19.9 Å². The van der Waals surface area contributed by atoms with Crippen molar-refractivity contribution in [3.8, 4) is 5.69 Å². The van der Waals surface area contributed by atoms with Crippen molar-refractivity contribution in [1.82, 2.24) is 14.5 Å². The first-order valence-electron chi connectivity index (χ1n) is 6.99.